The quantitative estimate of drug-likeness (QED) is 0.672. The Labute approximate surface area is 144 Å². The van der Waals surface area contributed by atoms with Crippen LogP contribution in [0.2, 0.25) is 0 Å². The van der Waals surface area contributed by atoms with Crippen molar-refractivity contribution >= 4 is 40.0 Å². The molecule has 1 aliphatic heterocycles. The van der Waals surface area contributed by atoms with Crippen molar-refractivity contribution < 1.29 is 9.59 Å². The maximum Gasteiger partial charge on any atom is 0.247 e. The van der Waals surface area contributed by atoms with Crippen LogP contribution in [-0.4, -0.2) is 17.1 Å². The van der Waals surface area contributed by atoms with Crippen LogP contribution in [0.4, 0.5) is 5.69 Å². The second-order valence-corrected chi connectivity index (χ2v) is 7.00. The zero-order valence-electron chi connectivity index (χ0n) is 12.9. The zero-order chi connectivity index (χ0) is 16.5. The van der Waals surface area contributed by atoms with Crippen molar-refractivity contribution in [2.24, 2.45) is 0 Å². The van der Waals surface area contributed by atoms with Gasteiger partial charge in [-0.15, -0.1) is 11.8 Å². The Morgan fingerprint density at radius 2 is 1.54 bits per heavy atom. The van der Waals surface area contributed by atoms with Crippen LogP contribution in [0.3, 0.4) is 0 Å². The van der Waals surface area contributed by atoms with Crippen LogP contribution in [0.1, 0.15) is 6.42 Å². The molecule has 0 radical (unpaired) electrons. The lowest BCUT2D eigenvalue weighted by Gasteiger charge is -2.14. The van der Waals surface area contributed by atoms with Gasteiger partial charge in [-0.1, -0.05) is 48.5 Å². The summed E-state index contributed by atoms with van der Waals surface area (Å²) in [5.41, 5.74) is 0.647. The third-order valence-electron chi connectivity index (χ3n) is 4.12. The lowest BCUT2D eigenvalue weighted by atomic mass is 10.1. The maximum absolute atomic E-state index is 12.7. The number of amides is 2. The lowest BCUT2D eigenvalue weighted by Crippen LogP contribution is -2.30. The molecule has 24 heavy (non-hydrogen) atoms. The SMILES string of the molecule is O=C1CC(Sc2ccc3ccccc3c2)C(=O)N1c1ccccc1. The number of hydrogen-bond acceptors (Lipinski definition) is 3. The van der Waals surface area contributed by atoms with Crippen LogP contribution >= 0.6 is 11.8 Å². The van der Waals surface area contributed by atoms with Crippen molar-refractivity contribution in [1.82, 2.24) is 0 Å². The molecule has 4 rings (SSSR count). The largest absolute Gasteiger partial charge is 0.274 e. The molecular formula is C20H15NO2S. The molecular weight excluding hydrogens is 318 g/mol. The molecule has 0 aromatic heterocycles. The molecule has 1 heterocycles. The van der Waals surface area contributed by atoms with Gasteiger partial charge < -0.3 is 0 Å². The van der Waals surface area contributed by atoms with Gasteiger partial charge in [0.05, 0.1) is 10.9 Å². The monoisotopic (exact) mass is 333 g/mol. The summed E-state index contributed by atoms with van der Waals surface area (Å²) < 4.78 is 0. The fraction of sp³-hybridized carbons (Fsp3) is 0.100. The summed E-state index contributed by atoms with van der Waals surface area (Å²) in [6, 6.07) is 23.4. The van der Waals surface area contributed by atoms with Crippen molar-refractivity contribution in [3.8, 4) is 0 Å². The first kappa shape index (κ1) is 15.0. The van der Waals surface area contributed by atoms with Crippen molar-refractivity contribution in [2.75, 3.05) is 4.90 Å². The third-order valence-corrected chi connectivity index (χ3v) is 5.30. The fourth-order valence-electron chi connectivity index (χ4n) is 2.95. The predicted molar refractivity (Wildman–Crippen MR) is 97.1 cm³/mol. The van der Waals surface area contributed by atoms with E-state index < -0.39 is 0 Å². The van der Waals surface area contributed by atoms with Crippen LogP contribution in [0.25, 0.3) is 10.8 Å². The van der Waals surface area contributed by atoms with E-state index >= 15 is 0 Å². The van der Waals surface area contributed by atoms with Gasteiger partial charge in [0.2, 0.25) is 11.8 Å². The number of carbonyl (C=O) groups is 2. The molecule has 0 bridgehead atoms. The molecule has 0 spiro atoms. The number of carbonyl (C=O) groups excluding carboxylic acids is 2. The first-order valence-corrected chi connectivity index (χ1v) is 8.68. The van der Waals surface area contributed by atoms with Gasteiger partial charge in [0.25, 0.3) is 0 Å². The number of benzene rings is 3. The van der Waals surface area contributed by atoms with Crippen LogP contribution in [0, 0.1) is 0 Å². The van der Waals surface area contributed by atoms with E-state index in [1.54, 1.807) is 12.1 Å². The summed E-state index contributed by atoms with van der Waals surface area (Å²) in [4.78, 5) is 27.3. The molecule has 118 valence electrons. The smallest absolute Gasteiger partial charge is 0.247 e. The first-order chi connectivity index (χ1) is 11.7. The average Bonchev–Trinajstić information content (AvgIpc) is 2.89. The molecule has 3 aromatic rings. The standard InChI is InChI=1S/C20H15NO2S/c22-19-13-18(20(23)21(19)16-8-2-1-3-9-16)24-17-11-10-14-6-4-5-7-15(14)12-17/h1-12,18H,13H2. The van der Waals surface area contributed by atoms with Gasteiger partial charge in [0, 0.05) is 11.3 Å². The van der Waals surface area contributed by atoms with E-state index in [9.17, 15) is 9.59 Å². The van der Waals surface area contributed by atoms with E-state index in [2.05, 4.69) is 18.2 Å². The van der Waals surface area contributed by atoms with Gasteiger partial charge in [-0.05, 0) is 35.0 Å². The summed E-state index contributed by atoms with van der Waals surface area (Å²) in [7, 11) is 0. The third kappa shape index (κ3) is 2.69. The second-order valence-electron chi connectivity index (χ2n) is 5.72. The number of hydrogen-bond donors (Lipinski definition) is 0. The minimum Gasteiger partial charge on any atom is -0.274 e. The fourth-order valence-corrected chi connectivity index (χ4v) is 4.05. The number of fused-ring (bicyclic) bond motifs is 1. The molecule has 2 amide bonds. The van der Waals surface area contributed by atoms with E-state index in [0.717, 1.165) is 10.3 Å². The summed E-state index contributed by atoms with van der Waals surface area (Å²) in [6.07, 6.45) is 0.241. The molecule has 3 nitrogen and oxygen atoms in total. The highest BCUT2D eigenvalue weighted by atomic mass is 32.2. The van der Waals surface area contributed by atoms with Crippen LogP contribution in [0.15, 0.2) is 77.7 Å². The number of para-hydroxylation sites is 1. The normalized spacial score (nSPS) is 17.7. The van der Waals surface area contributed by atoms with E-state index in [1.165, 1.54) is 22.0 Å². The van der Waals surface area contributed by atoms with Gasteiger partial charge in [0.15, 0.2) is 0 Å². The minimum absolute atomic E-state index is 0.135. The van der Waals surface area contributed by atoms with E-state index in [0.29, 0.717) is 5.69 Å². The van der Waals surface area contributed by atoms with Gasteiger partial charge in [0.1, 0.15) is 0 Å². The Morgan fingerprint density at radius 3 is 2.33 bits per heavy atom. The minimum atomic E-state index is -0.362. The van der Waals surface area contributed by atoms with E-state index in [1.807, 2.05) is 42.5 Å². The molecule has 1 atom stereocenters. The Hall–Kier alpha value is -2.59. The second kappa shape index (κ2) is 6.13. The lowest BCUT2D eigenvalue weighted by molar-refractivity contribution is -0.121. The van der Waals surface area contributed by atoms with Crippen molar-refractivity contribution in [1.29, 1.82) is 0 Å². The average molecular weight is 333 g/mol. The highest BCUT2D eigenvalue weighted by Gasteiger charge is 2.40. The molecule has 1 saturated heterocycles. The molecule has 0 N–H and O–H groups in total. The molecule has 3 aromatic carbocycles. The van der Waals surface area contributed by atoms with Gasteiger partial charge in [-0.2, -0.15) is 0 Å². The topological polar surface area (TPSA) is 37.4 Å². The Bertz CT molecular complexity index is 923. The highest BCUT2D eigenvalue weighted by molar-refractivity contribution is 8.00. The molecule has 0 aliphatic carbocycles. The van der Waals surface area contributed by atoms with Crippen molar-refractivity contribution in [3.63, 3.8) is 0 Å². The summed E-state index contributed by atoms with van der Waals surface area (Å²) >= 11 is 1.46. The number of anilines is 1. The number of nitrogens with zero attached hydrogens (tertiary/aromatic N) is 1. The van der Waals surface area contributed by atoms with Gasteiger partial charge in [-0.3, -0.25) is 9.59 Å². The predicted octanol–water partition coefficient (Wildman–Crippen LogP) is 4.26. The van der Waals surface area contributed by atoms with E-state index in [-0.39, 0.29) is 23.5 Å². The maximum atomic E-state index is 12.7. The highest BCUT2D eigenvalue weighted by Crippen LogP contribution is 2.34. The Morgan fingerprint density at radius 1 is 0.833 bits per heavy atom. The van der Waals surface area contributed by atoms with Crippen LogP contribution in [-0.2, 0) is 9.59 Å². The number of imide groups is 1. The zero-order valence-corrected chi connectivity index (χ0v) is 13.7. The van der Waals surface area contributed by atoms with E-state index in [4.69, 9.17) is 0 Å². The van der Waals surface area contributed by atoms with Crippen LogP contribution < -0.4 is 4.90 Å². The number of thioether (sulfide) groups is 1. The Balaban J connectivity index is 1.58. The number of rotatable bonds is 3. The van der Waals surface area contributed by atoms with Gasteiger partial charge >= 0.3 is 0 Å². The van der Waals surface area contributed by atoms with Crippen molar-refractivity contribution in [2.45, 2.75) is 16.6 Å². The summed E-state index contributed by atoms with van der Waals surface area (Å²) in [6.45, 7) is 0. The summed E-state index contributed by atoms with van der Waals surface area (Å²) in [5.74, 6) is -0.270. The molecule has 1 fully saturated rings. The summed E-state index contributed by atoms with van der Waals surface area (Å²) in [5, 5.41) is 1.94. The molecule has 1 unspecified atom stereocenters. The van der Waals surface area contributed by atoms with Gasteiger partial charge in [-0.25, -0.2) is 4.90 Å². The molecule has 1 aliphatic rings. The van der Waals surface area contributed by atoms with Crippen molar-refractivity contribution in [3.05, 3.63) is 72.8 Å². The first-order valence-electron chi connectivity index (χ1n) is 7.80. The van der Waals surface area contributed by atoms with Crippen LogP contribution in [0.5, 0.6) is 0 Å². The molecule has 0 saturated carbocycles. The Kier molecular flexibility index (Phi) is 3.82. The molecule has 4 heteroatoms.